The zero-order chi connectivity index (χ0) is 19.3. The van der Waals surface area contributed by atoms with Crippen LogP contribution in [0.5, 0.6) is 0 Å². The molecule has 0 aliphatic carbocycles. The van der Waals surface area contributed by atoms with Gasteiger partial charge in [0.05, 0.1) is 6.67 Å². The van der Waals surface area contributed by atoms with E-state index in [0.29, 0.717) is 25.4 Å². The van der Waals surface area contributed by atoms with Crippen molar-refractivity contribution in [2.24, 2.45) is 0 Å². The van der Waals surface area contributed by atoms with Gasteiger partial charge in [0.25, 0.3) is 0 Å². The quantitative estimate of drug-likeness (QED) is 0.777. The summed E-state index contributed by atoms with van der Waals surface area (Å²) in [6.07, 6.45) is 0.698. The number of anilines is 2. The Bertz CT molecular complexity index is 625. The third kappa shape index (κ3) is 5.82. The highest BCUT2D eigenvalue weighted by molar-refractivity contribution is 5.77. The monoisotopic (exact) mass is 362 g/mol. The van der Waals surface area contributed by atoms with E-state index in [0.717, 1.165) is 18.7 Å². The van der Waals surface area contributed by atoms with Crippen molar-refractivity contribution < 1.29 is 14.3 Å². The van der Waals surface area contributed by atoms with Crippen LogP contribution >= 0.6 is 0 Å². The molecule has 0 aromatic heterocycles. The lowest BCUT2D eigenvalue weighted by Gasteiger charge is -2.34. The Morgan fingerprint density at radius 1 is 1.12 bits per heavy atom. The van der Waals surface area contributed by atoms with Crippen LogP contribution in [0.3, 0.4) is 0 Å². The molecule has 0 atom stereocenters. The SMILES string of the molecule is CN1CN(c2ccc(N)cc2)CCCN(C(=O)OC(C)(C)C)CCC1=O. The van der Waals surface area contributed by atoms with E-state index >= 15 is 0 Å². The molecule has 7 nitrogen and oxygen atoms in total. The van der Waals surface area contributed by atoms with Crippen molar-refractivity contribution in [2.45, 2.75) is 39.2 Å². The van der Waals surface area contributed by atoms with Crippen LogP contribution in [-0.2, 0) is 9.53 Å². The smallest absolute Gasteiger partial charge is 0.410 e. The number of benzene rings is 1. The number of hydrogen-bond acceptors (Lipinski definition) is 5. The first-order valence-corrected chi connectivity index (χ1v) is 8.98. The summed E-state index contributed by atoms with van der Waals surface area (Å²) in [6, 6.07) is 7.60. The molecule has 0 unspecified atom stereocenters. The maximum atomic E-state index is 12.4. The molecule has 2 N–H and O–H groups in total. The molecule has 1 aromatic rings. The van der Waals surface area contributed by atoms with Crippen molar-refractivity contribution in [1.82, 2.24) is 9.80 Å². The van der Waals surface area contributed by atoms with Gasteiger partial charge in [-0.3, -0.25) is 4.79 Å². The maximum absolute atomic E-state index is 12.4. The second-order valence-electron chi connectivity index (χ2n) is 7.66. The second-order valence-corrected chi connectivity index (χ2v) is 7.66. The number of amides is 2. The molecule has 0 saturated carbocycles. The number of nitrogen functional groups attached to an aromatic ring is 1. The topological polar surface area (TPSA) is 79.1 Å². The lowest BCUT2D eigenvalue weighted by molar-refractivity contribution is -0.130. The zero-order valence-electron chi connectivity index (χ0n) is 16.2. The summed E-state index contributed by atoms with van der Waals surface area (Å²) in [5.74, 6) is 0.000837. The van der Waals surface area contributed by atoms with Gasteiger partial charge in [-0.25, -0.2) is 4.79 Å². The van der Waals surface area contributed by atoms with E-state index in [4.69, 9.17) is 10.5 Å². The second kappa shape index (κ2) is 8.29. The van der Waals surface area contributed by atoms with Gasteiger partial charge >= 0.3 is 6.09 Å². The minimum Gasteiger partial charge on any atom is -0.444 e. The Morgan fingerprint density at radius 3 is 2.38 bits per heavy atom. The molecule has 1 saturated heterocycles. The molecular weight excluding hydrogens is 332 g/mol. The van der Waals surface area contributed by atoms with Gasteiger partial charge in [0.2, 0.25) is 5.91 Å². The highest BCUT2D eigenvalue weighted by Crippen LogP contribution is 2.18. The van der Waals surface area contributed by atoms with Gasteiger partial charge in [-0.1, -0.05) is 0 Å². The van der Waals surface area contributed by atoms with Gasteiger partial charge in [-0.05, 0) is 51.5 Å². The number of nitrogens with zero attached hydrogens (tertiary/aromatic N) is 3. The van der Waals surface area contributed by atoms with Crippen molar-refractivity contribution >= 4 is 23.4 Å². The fourth-order valence-corrected chi connectivity index (χ4v) is 2.80. The van der Waals surface area contributed by atoms with E-state index in [1.807, 2.05) is 45.0 Å². The number of hydrogen-bond donors (Lipinski definition) is 1. The summed E-state index contributed by atoms with van der Waals surface area (Å²) in [4.78, 5) is 30.3. The van der Waals surface area contributed by atoms with E-state index in [-0.39, 0.29) is 18.4 Å². The first-order chi connectivity index (χ1) is 12.2. The summed E-state index contributed by atoms with van der Waals surface area (Å²) < 4.78 is 5.47. The lowest BCUT2D eigenvalue weighted by atomic mass is 10.2. The molecule has 26 heavy (non-hydrogen) atoms. The zero-order valence-corrected chi connectivity index (χ0v) is 16.2. The van der Waals surface area contributed by atoms with Crippen LogP contribution in [0.15, 0.2) is 24.3 Å². The van der Waals surface area contributed by atoms with Crippen molar-refractivity contribution in [3.05, 3.63) is 24.3 Å². The standard InChI is InChI=1S/C19H30N4O3/c1-19(2,3)26-18(25)22-11-5-12-23(14-21(4)17(24)10-13-22)16-8-6-15(20)7-9-16/h6-9H,5,10-14,20H2,1-4H3. The molecule has 1 aliphatic heterocycles. The molecule has 1 aromatic carbocycles. The van der Waals surface area contributed by atoms with Crippen molar-refractivity contribution in [3.8, 4) is 0 Å². The Kier molecular flexibility index (Phi) is 6.34. The normalized spacial score (nSPS) is 17.2. The summed E-state index contributed by atoms with van der Waals surface area (Å²) in [5, 5.41) is 0. The minimum absolute atomic E-state index is 0.000837. The van der Waals surface area contributed by atoms with Gasteiger partial charge in [-0.15, -0.1) is 0 Å². The van der Waals surface area contributed by atoms with Crippen molar-refractivity contribution in [3.63, 3.8) is 0 Å². The van der Waals surface area contributed by atoms with Crippen molar-refractivity contribution in [2.75, 3.05) is 44.0 Å². The lowest BCUT2D eigenvalue weighted by Crippen LogP contribution is -2.45. The molecule has 0 bridgehead atoms. The molecule has 1 heterocycles. The molecule has 7 heteroatoms. The molecule has 0 radical (unpaired) electrons. The van der Waals surface area contributed by atoms with Crippen LogP contribution in [-0.4, -0.2) is 60.8 Å². The van der Waals surface area contributed by atoms with E-state index in [2.05, 4.69) is 4.90 Å². The average molecular weight is 362 g/mol. The highest BCUT2D eigenvalue weighted by Gasteiger charge is 2.24. The van der Waals surface area contributed by atoms with Gasteiger partial charge in [0, 0.05) is 44.5 Å². The molecule has 144 valence electrons. The van der Waals surface area contributed by atoms with Crippen LogP contribution in [0.25, 0.3) is 0 Å². The summed E-state index contributed by atoms with van der Waals surface area (Å²) in [5.41, 5.74) is 6.92. The Hall–Kier alpha value is -2.44. The third-order valence-corrected chi connectivity index (χ3v) is 4.17. The number of carbonyl (C=O) groups excluding carboxylic acids is 2. The first-order valence-electron chi connectivity index (χ1n) is 8.98. The largest absolute Gasteiger partial charge is 0.444 e. The van der Waals surface area contributed by atoms with Crippen LogP contribution in [0.2, 0.25) is 0 Å². The molecule has 0 spiro atoms. The number of rotatable bonds is 1. The molecule has 2 rings (SSSR count). The average Bonchev–Trinajstić information content (AvgIpc) is 2.55. The number of nitrogens with two attached hydrogens (primary N) is 1. The van der Waals surface area contributed by atoms with Crippen LogP contribution in [0, 0.1) is 0 Å². The predicted molar refractivity (Wildman–Crippen MR) is 103 cm³/mol. The number of ether oxygens (including phenoxy) is 1. The molecule has 1 fully saturated rings. The highest BCUT2D eigenvalue weighted by atomic mass is 16.6. The van der Waals surface area contributed by atoms with Crippen LogP contribution in [0.1, 0.15) is 33.6 Å². The number of carbonyl (C=O) groups is 2. The van der Waals surface area contributed by atoms with E-state index < -0.39 is 5.60 Å². The fraction of sp³-hybridized carbons (Fsp3) is 0.579. The predicted octanol–water partition coefficient (Wildman–Crippen LogP) is 2.52. The Balaban J connectivity index is 2.11. The molecule has 2 amide bonds. The van der Waals surface area contributed by atoms with Gasteiger partial charge in [-0.2, -0.15) is 0 Å². The summed E-state index contributed by atoms with van der Waals surface area (Å²) in [6.45, 7) is 7.68. The van der Waals surface area contributed by atoms with Gasteiger partial charge < -0.3 is 25.2 Å². The van der Waals surface area contributed by atoms with E-state index in [9.17, 15) is 9.59 Å². The third-order valence-electron chi connectivity index (χ3n) is 4.17. The molecule has 1 aliphatic rings. The fourth-order valence-electron chi connectivity index (χ4n) is 2.80. The minimum atomic E-state index is -0.552. The molecular formula is C19H30N4O3. The van der Waals surface area contributed by atoms with Gasteiger partial charge in [0.15, 0.2) is 0 Å². The Labute approximate surface area is 155 Å². The van der Waals surface area contributed by atoms with Crippen LogP contribution < -0.4 is 10.6 Å². The Morgan fingerprint density at radius 2 is 1.77 bits per heavy atom. The summed E-state index contributed by atoms with van der Waals surface area (Å²) >= 11 is 0. The maximum Gasteiger partial charge on any atom is 0.410 e. The van der Waals surface area contributed by atoms with Crippen LogP contribution in [0.4, 0.5) is 16.2 Å². The van der Waals surface area contributed by atoms with Gasteiger partial charge in [0.1, 0.15) is 5.60 Å². The van der Waals surface area contributed by atoms with E-state index in [1.165, 1.54) is 0 Å². The summed E-state index contributed by atoms with van der Waals surface area (Å²) in [7, 11) is 1.78. The van der Waals surface area contributed by atoms with E-state index in [1.54, 1.807) is 16.8 Å². The first kappa shape index (κ1) is 19.9. The van der Waals surface area contributed by atoms with Crippen molar-refractivity contribution in [1.29, 1.82) is 0 Å².